The molecule has 0 aromatic heterocycles. The number of rotatable bonds is 2. The van der Waals surface area contributed by atoms with E-state index in [2.05, 4.69) is 4.90 Å². The zero-order chi connectivity index (χ0) is 14.0. The van der Waals surface area contributed by atoms with Crippen molar-refractivity contribution in [2.75, 3.05) is 13.1 Å². The van der Waals surface area contributed by atoms with Crippen LogP contribution in [0.15, 0.2) is 24.3 Å². The molecule has 0 radical (unpaired) electrons. The van der Waals surface area contributed by atoms with E-state index >= 15 is 0 Å². The van der Waals surface area contributed by atoms with Gasteiger partial charge >= 0.3 is 6.18 Å². The number of halogens is 3. The Hall–Kier alpha value is -1.07. The van der Waals surface area contributed by atoms with Gasteiger partial charge in [-0.05, 0) is 30.5 Å². The van der Waals surface area contributed by atoms with Crippen molar-refractivity contribution in [1.29, 1.82) is 0 Å². The molecule has 106 valence electrons. The van der Waals surface area contributed by atoms with Crippen LogP contribution in [0.1, 0.15) is 24.5 Å². The monoisotopic (exact) mass is 272 g/mol. The largest absolute Gasteiger partial charge is 0.416 e. The average Bonchev–Trinajstić information content (AvgIpc) is 2.33. The highest BCUT2D eigenvalue weighted by Crippen LogP contribution is 2.32. The highest BCUT2D eigenvalue weighted by atomic mass is 19.4. The Kier molecular flexibility index (Phi) is 4.16. The molecule has 1 saturated heterocycles. The van der Waals surface area contributed by atoms with Crippen LogP contribution in [-0.2, 0) is 12.7 Å². The molecule has 0 spiro atoms. The van der Waals surface area contributed by atoms with Crippen molar-refractivity contribution < 1.29 is 13.2 Å². The molecule has 0 aliphatic carbocycles. The predicted octanol–water partition coefficient (Wildman–Crippen LogP) is 2.87. The van der Waals surface area contributed by atoms with Gasteiger partial charge in [-0.15, -0.1) is 0 Å². The highest BCUT2D eigenvalue weighted by molar-refractivity contribution is 5.29. The van der Waals surface area contributed by atoms with Gasteiger partial charge in [0.05, 0.1) is 5.56 Å². The van der Waals surface area contributed by atoms with Gasteiger partial charge in [-0.2, -0.15) is 13.2 Å². The van der Waals surface area contributed by atoms with Gasteiger partial charge in [-0.25, -0.2) is 0 Å². The molecule has 1 heterocycles. The van der Waals surface area contributed by atoms with Crippen molar-refractivity contribution in [2.24, 2.45) is 11.7 Å². The number of nitrogens with two attached hydrogens (primary N) is 1. The first-order valence-electron chi connectivity index (χ1n) is 6.51. The van der Waals surface area contributed by atoms with E-state index in [0.29, 0.717) is 18.0 Å². The van der Waals surface area contributed by atoms with Crippen LogP contribution in [0.3, 0.4) is 0 Å². The first-order valence-corrected chi connectivity index (χ1v) is 6.51. The maximum atomic E-state index is 12.9. The van der Waals surface area contributed by atoms with E-state index in [1.807, 2.05) is 6.92 Å². The molecule has 2 nitrogen and oxygen atoms in total. The molecule has 2 rings (SSSR count). The summed E-state index contributed by atoms with van der Waals surface area (Å²) in [7, 11) is 0. The van der Waals surface area contributed by atoms with Crippen molar-refractivity contribution >= 4 is 0 Å². The summed E-state index contributed by atoms with van der Waals surface area (Å²) in [6.07, 6.45) is -3.44. The lowest BCUT2D eigenvalue weighted by Crippen LogP contribution is -2.45. The summed E-state index contributed by atoms with van der Waals surface area (Å²) in [6, 6.07) is 5.95. The number of hydrogen-bond donors (Lipinski definition) is 1. The molecule has 2 unspecified atom stereocenters. The second-order valence-electron chi connectivity index (χ2n) is 5.32. The van der Waals surface area contributed by atoms with Crippen LogP contribution in [-0.4, -0.2) is 24.0 Å². The molecular weight excluding hydrogens is 253 g/mol. The summed E-state index contributed by atoms with van der Waals surface area (Å²) < 4.78 is 38.7. The number of piperidine rings is 1. The molecular formula is C14H19F3N2. The van der Waals surface area contributed by atoms with Gasteiger partial charge < -0.3 is 5.73 Å². The Labute approximate surface area is 111 Å². The van der Waals surface area contributed by atoms with E-state index in [4.69, 9.17) is 5.73 Å². The van der Waals surface area contributed by atoms with Crippen LogP contribution >= 0.6 is 0 Å². The van der Waals surface area contributed by atoms with E-state index in [1.54, 1.807) is 12.1 Å². The van der Waals surface area contributed by atoms with Crippen molar-refractivity contribution in [2.45, 2.75) is 32.1 Å². The summed E-state index contributed by atoms with van der Waals surface area (Å²) >= 11 is 0. The van der Waals surface area contributed by atoms with E-state index in [9.17, 15) is 13.2 Å². The van der Waals surface area contributed by atoms with Crippen LogP contribution in [0.25, 0.3) is 0 Å². The minimum atomic E-state index is -4.28. The topological polar surface area (TPSA) is 29.3 Å². The normalized spacial score (nSPS) is 25.5. The Morgan fingerprint density at radius 1 is 1.32 bits per heavy atom. The van der Waals surface area contributed by atoms with E-state index in [-0.39, 0.29) is 6.04 Å². The average molecular weight is 272 g/mol. The molecule has 5 heteroatoms. The maximum absolute atomic E-state index is 12.9. The molecule has 2 N–H and O–H groups in total. The van der Waals surface area contributed by atoms with Crippen molar-refractivity contribution in [3.63, 3.8) is 0 Å². The smallest absolute Gasteiger partial charge is 0.327 e. The summed E-state index contributed by atoms with van der Waals surface area (Å²) in [6.45, 7) is 3.91. The molecule has 1 aliphatic heterocycles. The molecule has 2 atom stereocenters. The quantitative estimate of drug-likeness (QED) is 0.897. The summed E-state index contributed by atoms with van der Waals surface area (Å²) in [5.41, 5.74) is 5.74. The molecule has 19 heavy (non-hydrogen) atoms. The Balaban J connectivity index is 2.12. The summed E-state index contributed by atoms with van der Waals surface area (Å²) in [5, 5.41) is 0. The van der Waals surface area contributed by atoms with Gasteiger partial charge in [0, 0.05) is 19.1 Å². The van der Waals surface area contributed by atoms with Crippen molar-refractivity contribution in [1.82, 2.24) is 4.90 Å². The number of alkyl halides is 3. The summed E-state index contributed by atoms with van der Waals surface area (Å²) in [5.74, 6) is 0.326. The minimum absolute atomic E-state index is 0.161. The van der Waals surface area contributed by atoms with E-state index in [0.717, 1.165) is 25.6 Å². The third-order valence-electron chi connectivity index (χ3n) is 3.77. The summed E-state index contributed by atoms with van der Waals surface area (Å²) in [4.78, 5) is 2.05. The van der Waals surface area contributed by atoms with Gasteiger partial charge in [-0.3, -0.25) is 4.90 Å². The van der Waals surface area contributed by atoms with E-state index < -0.39 is 11.7 Å². The number of nitrogens with zero attached hydrogens (tertiary/aromatic N) is 1. The minimum Gasteiger partial charge on any atom is -0.327 e. The lowest BCUT2D eigenvalue weighted by atomic mass is 9.94. The first-order chi connectivity index (χ1) is 8.88. The van der Waals surface area contributed by atoms with Gasteiger partial charge in [0.1, 0.15) is 0 Å². The molecule has 1 aromatic carbocycles. The standard InChI is InChI=1S/C14H19F3N2/c1-10-8-19(7-6-13(10)18)9-11-4-2-3-5-12(11)14(15,16)17/h2-5,10,13H,6-9,18H2,1H3. The predicted molar refractivity (Wildman–Crippen MR) is 68.5 cm³/mol. The lowest BCUT2D eigenvalue weighted by Gasteiger charge is -2.35. The number of benzene rings is 1. The van der Waals surface area contributed by atoms with Crippen LogP contribution in [0.4, 0.5) is 13.2 Å². The SMILES string of the molecule is CC1CN(Cc2ccccc2C(F)(F)F)CCC1N. The molecule has 1 fully saturated rings. The molecule has 0 saturated carbocycles. The third kappa shape index (κ3) is 3.48. The van der Waals surface area contributed by atoms with Crippen molar-refractivity contribution in [3.8, 4) is 0 Å². The fraction of sp³-hybridized carbons (Fsp3) is 0.571. The molecule has 1 aromatic rings. The maximum Gasteiger partial charge on any atom is 0.416 e. The van der Waals surface area contributed by atoms with Gasteiger partial charge in [0.15, 0.2) is 0 Å². The Morgan fingerprint density at radius 3 is 2.63 bits per heavy atom. The highest BCUT2D eigenvalue weighted by Gasteiger charge is 2.33. The molecule has 0 amide bonds. The molecule has 1 aliphatic rings. The fourth-order valence-electron chi connectivity index (χ4n) is 2.57. The number of likely N-dealkylation sites (tertiary alicyclic amines) is 1. The van der Waals surface area contributed by atoms with E-state index in [1.165, 1.54) is 6.07 Å². The van der Waals surface area contributed by atoms with Gasteiger partial charge in [0.25, 0.3) is 0 Å². The Bertz CT molecular complexity index is 431. The van der Waals surface area contributed by atoms with Gasteiger partial charge in [-0.1, -0.05) is 25.1 Å². The second-order valence-corrected chi connectivity index (χ2v) is 5.32. The second kappa shape index (κ2) is 5.51. The number of hydrogen-bond acceptors (Lipinski definition) is 2. The Morgan fingerprint density at radius 2 is 2.00 bits per heavy atom. The van der Waals surface area contributed by atoms with Gasteiger partial charge in [0.2, 0.25) is 0 Å². The zero-order valence-corrected chi connectivity index (χ0v) is 11.0. The van der Waals surface area contributed by atoms with Crippen LogP contribution in [0.2, 0.25) is 0 Å². The van der Waals surface area contributed by atoms with Crippen molar-refractivity contribution in [3.05, 3.63) is 35.4 Å². The van der Waals surface area contributed by atoms with Crippen LogP contribution < -0.4 is 5.73 Å². The van der Waals surface area contributed by atoms with Crippen LogP contribution in [0, 0.1) is 5.92 Å². The first kappa shape index (κ1) is 14.3. The molecule has 0 bridgehead atoms. The fourth-order valence-corrected chi connectivity index (χ4v) is 2.57. The zero-order valence-electron chi connectivity index (χ0n) is 11.0. The lowest BCUT2D eigenvalue weighted by molar-refractivity contribution is -0.138. The van der Waals surface area contributed by atoms with Crippen LogP contribution in [0.5, 0.6) is 0 Å². The third-order valence-corrected chi connectivity index (χ3v) is 3.77.